The van der Waals surface area contributed by atoms with Crippen LogP contribution in [0.4, 0.5) is 11.4 Å². The van der Waals surface area contributed by atoms with Gasteiger partial charge in [-0.05, 0) is 49.7 Å². The summed E-state index contributed by atoms with van der Waals surface area (Å²) in [4.78, 5) is 2.69. The van der Waals surface area contributed by atoms with Gasteiger partial charge in [0.15, 0.2) is 0 Å². The molecule has 3 aromatic rings. The second-order valence-corrected chi connectivity index (χ2v) is 12.6. The summed E-state index contributed by atoms with van der Waals surface area (Å²) in [6.45, 7) is 24.4. The van der Waals surface area contributed by atoms with Crippen LogP contribution in [0.15, 0.2) is 66.7 Å². The number of amidine groups is 1. The van der Waals surface area contributed by atoms with Crippen molar-refractivity contribution in [3.8, 4) is 0 Å². The summed E-state index contributed by atoms with van der Waals surface area (Å²) in [6, 6.07) is 24.9. The van der Waals surface area contributed by atoms with Crippen molar-refractivity contribution in [1.82, 2.24) is 0 Å². The van der Waals surface area contributed by atoms with Crippen molar-refractivity contribution < 1.29 is 4.58 Å². The van der Waals surface area contributed by atoms with Gasteiger partial charge >= 0.3 is 0 Å². The normalized spacial score (nSPS) is 15.7. The minimum atomic E-state index is -0.0991. The van der Waals surface area contributed by atoms with Crippen LogP contribution in [0, 0.1) is 0 Å². The molecular weight excluding hydrogens is 448 g/mol. The van der Waals surface area contributed by atoms with Gasteiger partial charge in [0.05, 0.1) is 5.56 Å². The molecule has 0 saturated heterocycles. The van der Waals surface area contributed by atoms with E-state index in [0.717, 1.165) is 6.54 Å². The molecule has 0 unspecified atom stereocenters. The summed E-state index contributed by atoms with van der Waals surface area (Å²) in [5, 5.41) is 0. The monoisotopic (exact) mass is 495 g/mol. The maximum Gasteiger partial charge on any atom is 0.290 e. The largest absolute Gasteiger partial charge is 0.290 e. The summed E-state index contributed by atoms with van der Waals surface area (Å²) in [5.41, 5.74) is 9.68. The first-order chi connectivity index (χ1) is 17.5. The number of hydrogen-bond donors (Lipinski definition) is 0. The lowest BCUT2D eigenvalue weighted by Gasteiger charge is -2.31. The number of para-hydroxylation sites is 2. The van der Waals surface area contributed by atoms with Crippen molar-refractivity contribution in [2.45, 2.75) is 98.4 Å². The van der Waals surface area contributed by atoms with Crippen LogP contribution < -0.4 is 4.90 Å². The van der Waals surface area contributed by atoms with E-state index in [-0.39, 0.29) is 5.54 Å². The van der Waals surface area contributed by atoms with E-state index in [1.54, 1.807) is 0 Å². The summed E-state index contributed by atoms with van der Waals surface area (Å²) < 4.78 is 2.65. The Balaban J connectivity index is 2.17. The molecule has 0 radical (unpaired) electrons. The number of benzene rings is 3. The molecule has 196 valence electrons. The van der Waals surface area contributed by atoms with Gasteiger partial charge in [0, 0.05) is 22.3 Å². The van der Waals surface area contributed by atoms with Crippen molar-refractivity contribution in [3.63, 3.8) is 0 Å². The van der Waals surface area contributed by atoms with Gasteiger partial charge in [-0.2, -0.15) is 0 Å². The Morgan fingerprint density at radius 1 is 0.595 bits per heavy atom. The van der Waals surface area contributed by atoms with Crippen molar-refractivity contribution >= 4 is 17.2 Å². The maximum absolute atomic E-state index is 2.69. The first kappa shape index (κ1) is 27.2. The molecule has 0 fully saturated rings. The third-order valence-corrected chi connectivity index (χ3v) is 7.83. The number of anilines is 1. The van der Waals surface area contributed by atoms with Gasteiger partial charge in [-0.1, -0.05) is 110 Å². The highest BCUT2D eigenvalue weighted by Gasteiger charge is 2.51. The van der Waals surface area contributed by atoms with Crippen LogP contribution in [0.5, 0.6) is 0 Å². The van der Waals surface area contributed by atoms with Crippen LogP contribution in [-0.4, -0.2) is 22.5 Å². The molecule has 0 bridgehead atoms. The summed E-state index contributed by atoms with van der Waals surface area (Å²) in [5.74, 6) is 3.05. The van der Waals surface area contributed by atoms with Crippen molar-refractivity contribution in [3.05, 3.63) is 94.5 Å². The van der Waals surface area contributed by atoms with Crippen molar-refractivity contribution in [2.24, 2.45) is 0 Å². The summed E-state index contributed by atoms with van der Waals surface area (Å²) >= 11 is 0. The van der Waals surface area contributed by atoms with E-state index < -0.39 is 0 Å². The van der Waals surface area contributed by atoms with Crippen LogP contribution in [-0.2, 0) is 0 Å². The zero-order valence-electron chi connectivity index (χ0n) is 24.8. The van der Waals surface area contributed by atoms with E-state index in [1.165, 1.54) is 45.0 Å². The molecule has 0 aliphatic carbocycles. The number of rotatable bonds is 7. The second kappa shape index (κ2) is 10.5. The second-order valence-electron chi connectivity index (χ2n) is 12.6. The Morgan fingerprint density at radius 2 is 1.03 bits per heavy atom. The fraction of sp³-hybridized carbons (Fsp3) is 0.457. The Labute approximate surface area is 226 Å². The zero-order valence-corrected chi connectivity index (χ0v) is 24.8. The Hall–Kier alpha value is -2.87. The first-order valence-electron chi connectivity index (χ1n) is 14.2. The van der Waals surface area contributed by atoms with E-state index in [0.29, 0.717) is 23.7 Å². The molecule has 2 heteroatoms. The van der Waals surface area contributed by atoms with E-state index in [1.807, 2.05) is 0 Å². The summed E-state index contributed by atoms with van der Waals surface area (Å²) in [6.07, 6.45) is 0. The average Bonchev–Trinajstić information content (AvgIpc) is 3.13. The molecule has 1 heterocycles. The lowest BCUT2D eigenvalue weighted by Crippen LogP contribution is -2.46. The smallest absolute Gasteiger partial charge is 0.222 e. The Bertz CT molecular complexity index is 1220. The predicted molar refractivity (Wildman–Crippen MR) is 161 cm³/mol. The topological polar surface area (TPSA) is 6.25 Å². The molecule has 2 nitrogen and oxygen atoms in total. The molecule has 0 N–H and O–H groups in total. The molecule has 1 aliphatic rings. The average molecular weight is 496 g/mol. The third kappa shape index (κ3) is 5.00. The fourth-order valence-electron chi connectivity index (χ4n) is 6.00. The van der Waals surface area contributed by atoms with Crippen LogP contribution in [0.3, 0.4) is 0 Å². The molecule has 0 amide bonds. The SMILES string of the molecule is CC(C)c1cccc(C(C)C)c1N1C(c2ccccc2)=[N+](c2c(C(C)C)cccc2C(C)C)CC1(C)C. The highest BCUT2D eigenvalue weighted by Crippen LogP contribution is 2.45. The lowest BCUT2D eigenvalue weighted by molar-refractivity contribution is -0.438. The number of nitrogens with zero attached hydrogens (tertiary/aromatic N) is 2. The van der Waals surface area contributed by atoms with Crippen LogP contribution in [0.1, 0.15) is 121 Å². The minimum Gasteiger partial charge on any atom is -0.222 e. The van der Waals surface area contributed by atoms with Crippen LogP contribution in [0.25, 0.3) is 0 Å². The molecule has 4 rings (SSSR count). The lowest BCUT2D eigenvalue weighted by atomic mass is 9.89. The molecule has 0 spiro atoms. The van der Waals surface area contributed by atoms with E-state index in [9.17, 15) is 0 Å². The molecule has 0 atom stereocenters. The van der Waals surface area contributed by atoms with Crippen LogP contribution in [0.2, 0.25) is 0 Å². The molecule has 1 aliphatic heterocycles. The molecular formula is C35H47N2+. The first-order valence-corrected chi connectivity index (χ1v) is 14.2. The molecule has 0 saturated carbocycles. The van der Waals surface area contributed by atoms with Gasteiger partial charge in [0.1, 0.15) is 23.5 Å². The fourth-order valence-corrected chi connectivity index (χ4v) is 6.00. The highest BCUT2D eigenvalue weighted by atomic mass is 15.4. The maximum atomic E-state index is 2.69. The van der Waals surface area contributed by atoms with Gasteiger partial charge < -0.3 is 0 Å². The zero-order chi connectivity index (χ0) is 27.1. The highest BCUT2D eigenvalue weighted by molar-refractivity contribution is 6.10. The molecule has 37 heavy (non-hydrogen) atoms. The number of hydrogen-bond acceptors (Lipinski definition) is 1. The van der Waals surface area contributed by atoms with E-state index >= 15 is 0 Å². The Kier molecular flexibility index (Phi) is 7.70. The van der Waals surface area contributed by atoms with Gasteiger partial charge in [-0.3, -0.25) is 0 Å². The third-order valence-electron chi connectivity index (χ3n) is 7.83. The van der Waals surface area contributed by atoms with Gasteiger partial charge in [-0.25, -0.2) is 9.48 Å². The predicted octanol–water partition coefficient (Wildman–Crippen LogP) is 9.57. The minimum absolute atomic E-state index is 0.0991. The van der Waals surface area contributed by atoms with E-state index in [4.69, 9.17) is 0 Å². The van der Waals surface area contributed by atoms with Gasteiger partial charge in [0.2, 0.25) is 0 Å². The van der Waals surface area contributed by atoms with Gasteiger partial charge in [0.25, 0.3) is 5.84 Å². The summed E-state index contributed by atoms with van der Waals surface area (Å²) in [7, 11) is 0. The van der Waals surface area contributed by atoms with E-state index in [2.05, 4.69) is 145 Å². The van der Waals surface area contributed by atoms with Crippen molar-refractivity contribution in [1.29, 1.82) is 0 Å². The quantitative estimate of drug-likeness (QED) is 0.296. The van der Waals surface area contributed by atoms with Crippen molar-refractivity contribution in [2.75, 3.05) is 11.4 Å². The standard InChI is InChI=1S/C35H47N2/c1-23(2)28-18-14-19-29(24(3)4)32(28)36-22-35(9,10)37(34(36)27-16-12-11-13-17-27)33-30(25(5)6)20-15-21-31(33)26(7)8/h11-21,23-26H,22H2,1-10H3/q+1. The Morgan fingerprint density at radius 3 is 1.46 bits per heavy atom. The molecule has 3 aromatic carbocycles. The molecule has 0 aromatic heterocycles. The van der Waals surface area contributed by atoms with Gasteiger partial charge in [-0.15, -0.1) is 0 Å². The van der Waals surface area contributed by atoms with Crippen LogP contribution >= 0.6 is 0 Å².